The zero-order valence-electron chi connectivity index (χ0n) is 6.47. The maximum Gasteiger partial charge on any atom is 0.0523 e. The van der Waals surface area contributed by atoms with Gasteiger partial charge in [0.05, 0.1) is 4.83 Å². The van der Waals surface area contributed by atoms with Crippen LogP contribution in [0.1, 0.15) is 23.6 Å². The molecule has 0 saturated heterocycles. The van der Waals surface area contributed by atoms with E-state index in [1.807, 2.05) is 0 Å². The van der Waals surface area contributed by atoms with Crippen LogP contribution < -0.4 is 0 Å². The molecule has 1 heterocycles. The van der Waals surface area contributed by atoms with Crippen molar-refractivity contribution in [2.75, 3.05) is 0 Å². The lowest BCUT2D eigenvalue weighted by Gasteiger charge is -2.11. The lowest BCUT2D eigenvalue weighted by molar-refractivity contribution is 0.647. The number of hydrogen-bond acceptors (Lipinski definition) is 1. The molecule has 1 aromatic rings. The van der Waals surface area contributed by atoms with E-state index in [2.05, 4.69) is 57.2 Å². The molecule has 0 fully saturated rings. The molecule has 1 unspecified atom stereocenters. The molecule has 0 amide bonds. The molecule has 0 saturated carbocycles. The molecular weight excluding hydrogens is 288 g/mol. The van der Waals surface area contributed by atoms with Gasteiger partial charge < -0.3 is 0 Å². The Labute approximate surface area is 88.3 Å². The van der Waals surface area contributed by atoms with Crippen LogP contribution in [0.5, 0.6) is 0 Å². The summed E-state index contributed by atoms with van der Waals surface area (Å²) < 4.78 is 1.22. The van der Waals surface area contributed by atoms with E-state index in [-0.39, 0.29) is 0 Å². The van der Waals surface area contributed by atoms with E-state index in [4.69, 9.17) is 0 Å². The first-order valence-corrected chi connectivity index (χ1v) is 6.08. The minimum atomic E-state index is 0.483. The summed E-state index contributed by atoms with van der Waals surface area (Å²) in [6.45, 7) is 4.43. The first-order chi connectivity index (χ1) is 5.13. The molecule has 0 spiro atoms. The molecule has 0 bridgehead atoms. The van der Waals surface area contributed by atoms with Gasteiger partial charge in [0, 0.05) is 9.35 Å². The van der Waals surface area contributed by atoms with Crippen LogP contribution in [0, 0.1) is 5.92 Å². The van der Waals surface area contributed by atoms with Gasteiger partial charge in [-0.15, -0.1) is 11.3 Å². The molecule has 0 N–H and O–H groups in total. The van der Waals surface area contributed by atoms with E-state index in [9.17, 15) is 0 Å². The summed E-state index contributed by atoms with van der Waals surface area (Å²) >= 11 is 8.97. The molecule has 0 aromatic carbocycles. The summed E-state index contributed by atoms with van der Waals surface area (Å²) in [5.74, 6) is 0.643. The number of rotatable bonds is 2. The van der Waals surface area contributed by atoms with Crippen molar-refractivity contribution in [3.05, 3.63) is 20.8 Å². The van der Waals surface area contributed by atoms with Gasteiger partial charge in [0.25, 0.3) is 0 Å². The van der Waals surface area contributed by atoms with Crippen molar-refractivity contribution in [1.29, 1.82) is 0 Å². The quantitative estimate of drug-likeness (QED) is 0.700. The lowest BCUT2D eigenvalue weighted by Crippen LogP contribution is -1.96. The van der Waals surface area contributed by atoms with Crippen LogP contribution in [-0.2, 0) is 0 Å². The molecule has 62 valence electrons. The Morgan fingerprint density at radius 3 is 2.45 bits per heavy atom. The van der Waals surface area contributed by atoms with Crippen molar-refractivity contribution in [1.82, 2.24) is 0 Å². The van der Waals surface area contributed by atoms with Gasteiger partial charge >= 0.3 is 0 Å². The van der Waals surface area contributed by atoms with E-state index in [1.54, 1.807) is 11.3 Å². The molecule has 1 aromatic heterocycles. The third kappa shape index (κ3) is 2.30. The summed E-state index contributed by atoms with van der Waals surface area (Å²) in [5.41, 5.74) is 0. The van der Waals surface area contributed by atoms with Crippen molar-refractivity contribution in [3.8, 4) is 0 Å². The molecule has 0 aliphatic carbocycles. The second-order valence-electron chi connectivity index (χ2n) is 2.78. The smallest absolute Gasteiger partial charge is 0.0523 e. The van der Waals surface area contributed by atoms with Gasteiger partial charge in [-0.2, -0.15) is 0 Å². The highest BCUT2D eigenvalue weighted by atomic mass is 79.9. The third-order valence-corrected chi connectivity index (χ3v) is 5.25. The van der Waals surface area contributed by atoms with Gasteiger partial charge in [-0.1, -0.05) is 29.8 Å². The average molecular weight is 298 g/mol. The molecule has 11 heavy (non-hydrogen) atoms. The minimum Gasteiger partial charge on any atom is -0.147 e. The van der Waals surface area contributed by atoms with Crippen LogP contribution in [0.3, 0.4) is 0 Å². The molecule has 0 radical (unpaired) electrons. The second-order valence-corrected chi connectivity index (χ2v) is 5.57. The molecule has 0 nitrogen and oxygen atoms in total. The van der Waals surface area contributed by atoms with E-state index in [1.165, 1.54) is 9.35 Å². The Morgan fingerprint density at radius 1 is 1.45 bits per heavy atom. The van der Waals surface area contributed by atoms with Crippen molar-refractivity contribution in [3.63, 3.8) is 0 Å². The normalized spacial score (nSPS) is 13.9. The number of halogens is 2. The fraction of sp³-hybridized carbons (Fsp3) is 0.500. The van der Waals surface area contributed by atoms with Gasteiger partial charge in [-0.25, -0.2) is 0 Å². The number of hydrogen-bond donors (Lipinski definition) is 0. The van der Waals surface area contributed by atoms with Crippen LogP contribution in [-0.4, -0.2) is 0 Å². The summed E-state index contributed by atoms with van der Waals surface area (Å²) in [6, 6.07) is 2.09. The Kier molecular flexibility index (Phi) is 3.59. The maximum atomic E-state index is 3.66. The van der Waals surface area contributed by atoms with E-state index < -0.39 is 0 Å². The van der Waals surface area contributed by atoms with Gasteiger partial charge in [-0.05, 0) is 33.3 Å². The SMILES string of the molecule is CC(C)C(Br)c1sccc1Br. The standard InChI is InChI=1S/C8H10Br2S/c1-5(2)7(10)8-6(9)3-4-11-8/h3-5,7H,1-2H3. The van der Waals surface area contributed by atoms with Crippen LogP contribution in [0.4, 0.5) is 0 Å². The van der Waals surface area contributed by atoms with Gasteiger partial charge in [0.15, 0.2) is 0 Å². The Bertz CT molecular complexity index is 230. The summed E-state index contributed by atoms with van der Waals surface area (Å²) in [5, 5.41) is 2.11. The summed E-state index contributed by atoms with van der Waals surface area (Å²) in [4.78, 5) is 1.87. The zero-order chi connectivity index (χ0) is 8.43. The average Bonchev–Trinajstić information content (AvgIpc) is 2.33. The largest absolute Gasteiger partial charge is 0.147 e. The van der Waals surface area contributed by atoms with Crippen molar-refractivity contribution >= 4 is 43.2 Å². The second kappa shape index (κ2) is 4.06. The van der Waals surface area contributed by atoms with Crippen LogP contribution in [0.2, 0.25) is 0 Å². The third-order valence-electron chi connectivity index (χ3n) is 1.48. The molecule has 0 aliphatic heterocycles. The fourth-order valence-corrected chi connectivity index (χ4v) is 3.45. The first-order valence-electron chi connectivity index (χ1n) is 3.50. The van der Waals surface area contributed by atoms with Crippen molar-refractivity contribution < 1.29 is 0 Å². The fourth-order valence-electron chi connectivity index (χ4n) is 0.805. The molecule has 1 atom stereocenters. The maximum absolute atomic E-state index is 3.66. The van der Waals surface area contributed by atoms with Crippen molar-refractivity contribution in [2.24, 2.45) is 5.92 Å². The number of alkyl halides is 1. The van der Waals surface area contributed by atoms with Crippen LogP contribution in [0.25, 0.3) is 0 Å². The monoisotopic (exact) mass is 296 g/mol. The predicted octanol–water partition coefficient (Wildman–Crippen LogP) is 4.60. The minimum absolute atomic E-state index is 0.483. The van der Waals surface area contributed by atoms with E-state index >= 15 is 0 Å². The molecule has 3 heteroatoms. The van der Waals surface area contributed by atoms with Crippen LogP contribution in [0.15, 0.2) is 15.9 Å². The Morgan fingerprint density at radius 2 is 2.09 bits per heavy atom. The lowest BCUT2D eigenvalue weighted by atomic mass is 10.1. The highest BCUT2D eigenvalue weighted by Gasteiger charge is 2.15. The topological polar surface area (TPSA) is 0 Å². The Balaban J connectivity index is 2.84. The van der Waals surface area contributed by atoms with Gasteiger partial charge in [0.1, 0.15) is 0 Å². The van der Waals surface area contributed by atoms with Crippen molar-refractivity contribution in [2.45, 2.75) is 18.7 Å². The highest BCUT2D eigenvalue weighted by Crippen LogP contribution is 2.38. The summed E-state index contributed by atoms with van der Waals surface area (Å²) in [7, 11) is 0. The predicted molar refractivity (Wildman–Crippen MR) is 58.5 cm³/mol. The van der Waals surface area contributed by atoms with Gasteiger partial charge in [0.2, 0.25) is 0 Å². The van der Waals surface area contributed by atoms with E-state index in [0.717, 1.165) is 0 Å². The van der Waals surface area contributed by atoms with E-state index in [0.29, 0.717) is 10.7 Å². The molecule has 0 aliphatic rings. The zero-order valence-corrected chi connectivity index (χ0v) is 10.5. The Hall–Kier alpha value is 0.660. The highest BCUT2D eigenvalue weighted by molar-refractivity contribution is 9.11. The van der Waals surface area contributed by atoms with Gasteiger partial charge in [-0.3, -0.25) is 0 Å². The molecule has 1 rings (SSSR count). The first kappa shape index (κ1) is 9.75. The number of thiophene rings is 1. The molecular formula is C8H10Br2S. The summed E-state index contributed by atoms with van der Waals surface area (Å²) in [6.07, 6.45) is 0. The van der Waals surface area contributed by atoms with Crippen LogP contribution >= 0.6 is 43.2 Å².